The van der Waals surface area contributed by atoms with Gasteiger partial charge in [0, 0.05) is 6.42 Å². The van der Waals surface area contributed by atoms with Crippen LogP contribution in [0.4, 0.5) is 4.79 Å². The van der Waals surface area contributed by atoms with Gasteiger partial charge in [0.15, 0.2) is 0 Å². The highest BCUT2D eigenvalue weighted by atomic mass is 16.6. The normalized spacial score (nSPS) is 19.1. The van der Waals surface area contributed by atoms with Crippen molar-refractivity contribution in [3.63, 3.8) is 0 Å². The van der Waals surface area contributed by atoms with E-state index in [0.29, 0.717) is 13.1 Å². The van der Waals surface area contributed by atoms with Crippen LogP contribution in [0.15, 0.2) is 0 Å². The van der Waals surface area contributed by atoms with Crippen molar-refractivity contribution in [2.24, 2.45) is 0 Å². The molecule has 2 aliphatic rings. The number of aliphatic carboxylic acids is 2. The SMILES string of the molecule is CC(C)(C)OC(=O)N1CC2(CCO2)C1.O=C(O)C(=O)O. The van der Waals surface area contributed by atoms with E-state index < -0.39 is 17.5 Å². The fourth-order valence-corrected chi connectivity index (χ4v) is 1.75. The zero-order chi connectivity index (χ0) is 15.6. The van der Waals surface area contributed by atoms with Gasteiger partial charge in [-0.05, 0) is 20.8 Å². The predicted octanol–water partition coefficient (Wildman–Crippen LogP) is 0.552. The number of likely N-dealkylation sites (tertiary alicyclic amines) is 1. The number of amides is 1. The third-order valence-corrected chi connectivity index (χ3v) is 2.76. The minimum absolute atomic E-state index is 0.00307. The number of carbonyl (C=O) groups excluding carboxylic acids is 1. The molecule has 20 heavy (non-hydrogen) atoms. The molecule has 1 spiro atoms. The molecule has 0 atom stereocenters. The third kappa shape index (κ3) is 4.37. The minimum atomic E-state index is -1.82. The number of rotatable bonds is 0. The molecule has 0 saturated carbocycles. The quantitative estimate of drug-likeness (QED) is 0.626. The van der Waals surface area contributed by atoms with E-state index in [4.69, 9.17) is 29.3 Å². The summed E-state index contributed by atoms with van der Waals surface area (Å²) in [6.07, 6.45) is 0.852. The lowest BCUT2D eigenvalue weighted by molar-refractivity contribution is -0.214. The second-order valence-electron chi connectivity index (χ2n) is 5.73. The third-order valence-electron chi connectivity index (χ3n) is 2.76. The topological polar surface area (TPSA) is 113 Å². The molecule has 2 rings (SSSR count). The molecule has 0 bridgehead atoms. The van der Waals surface area contributed by atoms with E-state index in [2.05, 4.69) is 0 Å². The number of carboxylic acid groups (broad SMARTS) is 2. The summed E-state index contributed by atoms with van der Waals surface area (Å²) in [6, 6.07) is 0. The smallest absolute Gasteiger partial charge is 0.414 e. The van der Waals surface area contributed by atoms with Crippen LogP contribution in [0, 0.1) is 0 Å². The number of nitrogens with zero attached hydrogens (tertiary/aromatic N) is 1. The Bertz CT molecular complexity index is 389. The van der Waals surface area contributed by atoms with Crippen LogP contribution < -0.4 is 0 Å². The van der Waals surface area contributed by atoms with Gasteiger partial charge in [0.1, 0.15) is 11.2 Å². The monoisotopic (exact) mass is 289 g/mol. The lowest BCUT2D eigenvalue weighted by Crippen LogP contribution is -2.69. The minimum Gasteiger partial charge on any atom is -0.473 e. The Morgan fingerprint density at radius 1 is 1.15 bits per heavy atom. The Kier molecular flexibility index (Phi) is 4.59. The fourth-order valence-electron chi connectivity index (χ4n) is 1.75. The molecule has 1 amide bonds. The highest BCUT2D eigenvalue weighted by molar-refractivity contribution is 6.27. The van der Waals surface area contributed by atoms with E-state index in [9.17, 15) is 4.79 Å². The van der Waals surface area contributed by atoms with Gasteiger partial charge in [-0.25, -0.2) is 14.4 Å². The van der Waals surface area contributed by atoms with E-state index in [1.54, 1.807) is 4.90 Å². The maximum atomic E-state index is 11.5. The average molecular weight is 289 g/mol. The van der Waals surface area contributed by atoms with Crippen molar-refractivity contribution in [1.29, 1.82) is 0 Å². The van der Waals surface area contributed by atoms with Gasteiger partial charge in [-0.3, -0.25) is 0 Å². The van der Waals surface area contributed by atoms with Crippen LogP contribution in [0.3, 0.4) is 0 Å². The van der Waals surface area contributed by atoms with E-state index in [0.717, 1.165) is 13.0 Å². The van der Waals surface area contributed by atoms with Crippen LogP contribution in [0.5, 0.6) is 0 Å². The number of carbonyl (C=O) groups is 3. The summed E-state index contributed by atoms with van der Waals surface area (Å²) >= 11 is 0. The summed E-state index contributed by atoms with van der Waals surface area (Å²) in [4.78, 5) is 31.4. The van der Waals surface area contributed by atoms with Gasteiger partial charge in [0.25, 0.3) is 0 Å². The van der Waals surface area contributed by atoms with Crippen LogP contribution >= 0.6 is 0 Å². The Morgan fingerprint density at radius 2 is 1.60 bits per heavy atom. The maximum Gasteiger partial charge on any atom is 0.414 e. The highest BCUT2D eigenvalue weighted by Gasteiger charge is 2.51. The molecule has 0 aromatic carbocycles. The first-order valence-corrected chi connectivity index (χ1v) is 6.13. The summed E-state index contributed by atoms with van der Waals surface area (Å²) < 4.78 is 10.7. The summed E-state index contributed by atoms with van der Waals surface area (Å²) in [5, 5.41) is 14.8. The van der Waals surface area contributed by atoms with Crippen molar-refractivity contribution in [2.75, 3.05) is 19.7 Å². The first-order valence-electron chi connectivity index (χ1n) is 6.13. The molecule has 2 heterocycles. The molecule has 0 radical (unpaired) electrons. The van der Waals surface area contributed by atoms with Crippen molar-refractivity contribution >= 4 is 18.0 Å². The van der Waals surface area contributed by atoms with Crippen molar-refractivity contribution in [3.8, 4) is 0 Å². The van der Waals surface area contributed by atoms with Gasteiger partial charge < -0.3 is 24.6 Å². The Hall–Kier alpha value is -1.83. The van der Waals surface area contributed by atoms with Crippen LogP contribution in [0.25, 0.3) is 0 Å². The molecule has 0 aromatic heterocycles. The maximum absolute atomic E-state index is 11.5. The summed E-state index contributed by atoms with van der Waals surface area (Å²) in [5.41, 5.74) is -0.406. The number of ether oxygens (including phenoxy) is 2. The zero-order valence-corrected chi connectivity index (χ0v) is 11.7. The molecular formula is C12H19NO7. The lowest BCUT2D eigenvalue weighted by atomic mass is 9.87. The zero-order valence-electron chi connectivity index (χ0n) is 11.7. The van der Waals surface area contributed by atoms with Crippen LogP contribution in [-0.2, 0) is 19.1 Å². The number of hydrogen-bond acceptors (Lipinski definition) is 5. The molecular weight excluding hydrogens is 270 g/mol. The van der Waals surface area contributed by atoms with Crippen LogP contribution in [0.1, 0.15) is 27.2 Å². The van der Waals surface area contributed by atoms with Crippen molar-refractivity contribution in [3.05, 3.63) is 0 Å². The molecule has 2 N–H and O–H groups in total. The van der Waals surface area contributed by atoms with Gasteiger partial charge in [0.2, 0.25) is 0 Å². The molecule has 2 saturated heterocycles. The van der Waals surface area contributed by atoms with E-state index >= 15 is 0 Å². The van der Waals surface area contributed by atoms with Gasteiger partial charge in [-0.15, -0.1) is 0 Å². The number of carboxylic acids is 2. The first kappa shape index (κ1) is 16.2. The molecule has 8 heteroatoms. The van der Waals surface area contributed by atoms with Gasteiger partial charge >= 0.3 is 18.0 Å². The lowest BCUT2D eigenvalue weighted by Gasteiger charge is -2.54. The molecule has 0 aliphatic carbocycles. The van der Waals surface area contributed by atoms with Crippen molar-refractivity contribution in [1.82, 2.24) is 4.90 Å². The Morgan fingerprint density at radius 3 is 1.85 bits per heavy atom. The summed E-state index contributed by atoms with van der Waals surface area (Å²) in [6.45, 7) is 7.85. The largest absolute Gasteiger partial charge is 0.473 e. The van der Waals surface area contributed by atoms with E-state index in [1.807, 2.05) is 20.8 Å². The fraction of sp³-hybridized carbons (Fsp3) is 0.750. The summed E-state index contributed by atoms with van der Waals surface area (Å²) in [5.74, 6) is -3.65. The first-order chi connectivity index (χ1) is 9.05. The Labute approximate surface area is 116 Å². The van der Waals surface area contributed by atoms with E-state index in [1.165, 1.54) is 0 Å². The molecule has 0 aromatic rings. The van der Waals surface area contributed by atoms with Crippen LogP contribution in [0.2, 0.25) is 0 Å². The number of hydrogen-bond donors (Lipinski definition) is 2. The van der Waals surface area contributed by atoms with Gasteiger partial charge in [0.05, 0.1) is 19.7 Å². The second-order valence-corrected chi connectivity index (χ2v) is 5.73. The molecule has 2 fully saturated rings. The standard InChI is InChI=1S/C10H17NO3.C2H2O4/c1-9(2,3)14-8(12)11-6-10(7-11)4-5-13-10;3-1(4)2(5)6/h4-7H2,1-3H3;(H,3,4)(H,5,6). The molecule has 114 valence electrons. The molecule has 0 unspecified atom stereocenters. The molecule has 2 aliphatic heterocycles. The average Bonchev–Trinajstić information content (AvgIpc) is 2.10. The highest BCUT2D eigenvalue weighted by Crippen LogP contribution is 2.36. The predicted molar refractivity (Wildman–Crippen MR) is 66.4 cm³/mol. The van der Waals surface area contributed by atoms with Crippen molar-refractivity contribution in [2.45, 2.75) is 38.4 Å². The van der Waals surface area contributed by atoms with Crippen molar-refractivity contribution < 1.29 is 34.1 Å². The second kappa shape index (κ2) is 5.66. The Balaban J connectivity index is 0.000000286. The van der Waals surface area contributed by atoms with Gasteiger partial charge in [-0.1, -0.05) is 0 Å². The van der Waals surface area contributed by atoms with E-state index in [-0.39, 0.29) is 11.7 Å². The summed E-state index contributed by atoms with van der Waals surface area (Å²) in [7, 11) is 0. The molecule has 8 nitrogen and oxygen atoms in total. The van der Waals surface area contributed by atoms with Crippen LogP contribution in [-0.4, -0.2) is 64.0 Å². The van der Waals surface area contributed by atoms with Gasteiger partial charge in [-0.2, -0.15) is 0 Å².